The monoisotopic (exact) mass is 412 g/mol. The highest BCUT2D eigenvalue weighted by Crippen LogP contribution is 2.46. The molecule has 0 amide bonds. The molecule has 1 aliphatic carbocycles. The lowest BCUT2D eigenvalue weighted by Crippen LogP contribution is -2.34. The molecule has 2 nitrogen and oxygen atoms in total. The molecule has 0 bridgehead atoms. The average molecular weight is 413 g/mol. The van der Waals surface area contributed by atoms with Crippen LogP contribution in [0, 0.1) is 0 Å². The van der Waals surface area contributed by atoms with Crippen molar-refractivity contribution in [1.29, 1.82) is 0 Å². The van der Waals surface area contributed by atoms with Crippen molar-refractivity contribution in [3.8, 4) is 5.75 Å². The second-order valence-corrected chi connectivity index (χ2v) is 10.0. The first-order valence-electron chi connectivity index (χ1n) is 11.2. The molecule has 3 aromatic carbocycles. The summed E-state index contributed by atoms with van der Waals surface area (Å²) < 4.78 is 5.80. The number of carbonyl (C=O) groups is 1. The Kier molecular flexibility index (Phi) is 5.75. The SMILES string of the molecule is CC1(C)CCC(C)(C)c2cc(C(Cc3ccccc3)C(=O)Oc3ccccc3)ccc21. The van der Waals surface area contributed by atoms with E-state index in [4.69, 9.17) is 4.74 Å². The molecule has 0 heterocycles. The number of hydrogen-bond donors (Lipinski definition) is 0. The third-order valence-electron chi connectivity index (χ3n) is 6.81. The molecule has 0 fully saturated rings. The van der Waals surface area contributed by atoms with Gasteiger partial charge in [0, 0.05) is 0 Å². The summed E-state index contributed by atoms with van der Waals surface area (Å²) in [5.41, 5.74) is 5.20. The Morgan fingerprint density at radius 2 is 1.39 bits per heavy atom. The lowest BCUT2D eigenvalue weighted by molar-refractivity contribution is -0.136. The van der Waals surface area contributed by atoms with E-state index in [1.54, 1.807) is 0 Å². The highest BCUT2D eigenvalue weighted by molar-refractivity contribution is 5.81. The molecule has 1 aliphatic rings. The van der Waals surface area contributed by atoms with Gasteiger partial charge in [0.1, 0.15) is 5.75 Å². The van der Waals surface area contributed by atoms with E-state index in [9.17, 15) is 4.79 Å². The van der Waals surface area contributed by atoms with Crippen molar-refractivity contribution in [2.75, 3.05) is 0 Å². The molecule has 31 heavy (non-hydrogen) atoms. The number of fused-ring (bicyclic) bond motifs is 1. The topological polar surface area (TPSA) is 26.3 Å². The van der Waals surface area contributed by atoms with E-state index in [-0.39, 0.29) is 22.7 Å². The molecular formula is C29H32O2. The van der Waals surface area contributed by atoms with Gasteiger partial charge >= 0.3 is 5.97 Å². The predicted molar refractivity (Wildman–Crippen MR) is 127 cm³/mol. The summed E-state index contributed by atoms with van der Waals surface area (Å²) in [6, 6.07) is 26.2. The molecule has 2 heteroatoms. The molecule has 3 aromatic rings. The van der Waals surface area contributed by atoms with Crippen molar-refractivity contribution in [3.05, 3.63) is 101 Å². The molecule has 1 unspecified atom stereocenters. The molecule has 1 atom stereocenters. The molecule has 160 valence electrons. The van der Waals surface area contributed by atoms with Gasteiger partial charge in [-0.15, -0.1) is 0 Å². The van der Waals surface area contributed by atoms with E-state index in [0.29, 0.717) is 12.2 Å². The minimum Gasteiger partial charge on any atom is -0.426 e. The second-order valence-electron chi connectivity index (χ2n) is 10.0. The normalized spacial score (nSPS) is 17.4. The molecule has 0 aromatic heterocycles. The summed E-state index contributed by atoms with van der Waals surface area (Å²) in [5, 5.41) is 0. The van der Waals surface area contributed by atoms with Crippen molar-refractivity contribution >= 4 is 5.97 Å². The van der Waals surface area contributed by atoms with E-state index < -0.39 is 0 Å². The van der Waals surface area contributed by atoms with Gasteiger partial charge in [0.15, 0.2) is 0 Å². The average Bonchev–Trinajstić information content (AvgIpc) is 2.76. The number of benzene rings is 3. The van der Waals surface area contributed by atoms with Crippen LogP contribution in [-0.2, 0) is 22.0 Å². The maximum absolute atomic E-state index is 13.4. The van der Waals surface area contributed by atoms with Gasteiger partial charge in [0.25, 0.3) is 0 Å². The third kappa shape index (κ3) is 4.58. The van der Waals surface area contributed by atoms with Gasteiger partial charge in [-0.1, -0.05) is 94.4 Å². The fraction of sp³-hybridized carbons (Fsp3) is 0.345. The van der Waals surface area contributed by atoms with Gasteiger partial charge in [-0.3, -0.25) is 4.79 Å². The Labute approximate surface area is 186 Å². The van der Waals surface area contributed by atoms with Crippen LogP contribution in [0.5, 0.6) is 5.75 Å². The third-order valence-corrected chi connectivity index (χ3v) is 6.81. The maximum atomic E-state index is 13.4. The lowest BCUT2D eigenvalue weighted by atomic mass is 9.62. The van der Waals surface area contributed by atoms with Gasteiger partial charge in [-0.2, -0.15) is 0 Å². The quantitative estimate of drug-likeness (QED) is 0.334. The zero-order valence-electron chi connectivity index (χ0n) is 19.0. The van der Waals surface area contributed by atoms with Crippen molar-refractivity contribution < 1.29 is 9.53 Å². The molecule has 0 saturated heterocycles. The minimum absolute atomic E-state index is 0.0987. The summed E-state index contributed by atoms with van der Waals surface area (Å²) >= 11 is 0. The van der Waals surface area contributed by atoms with E-state index in [1.165, 1.54) is 17.5 Å². The maximum Gasteiger partial charge on any atom is 0.319 e. The van der Waals surface area contributed by atoms with Crippen LogP contribution < -0.4 is 4.74 Å². The number of rotatable bonds is 5. The van der Waals surface area contributed by atoms with Crippen LogP contribution in [0.3, 0.4) is 0 Å². The fourth-order valence-electron chi connectivity index (χ4n) is 4.69. The lowest BCUT2D eigenvalue weighted by Gasteiger charge is -2.42. The Bertz CT molecular complexity index is 1050. The molecule has 0 radical (unpaired) electrons. The van der Waals surface area contributed by atoms with Crippen LogP contribution in [-0.4, -0.2) is 5.97 Å². The van der Waals surface area contributed by atoms with Crippen LogP contribution in [0.15, 0.2) is 78.9 Å². The number of carbonyl (C=O) groups excluding carboxylic acids is 1. The standard InChI is InChI=1S/C29H32O2/c1-28(2)17-18-29(3,4)26-20-22(15-16-25(26)28)24(19-21-11-7-5-8-12-21)27(30)31-23-13-9-6-10-14-23/h5-16,20,24H,17-19H2,1-4H3. The Hall–Kier alpha value is -2.87. The van der Waals surface area contributed by atoms with Crippen LogP contribution in [0.1, 0.15) is 68.7 Å². The molecule has 4 rings (SSSR count). The summed E-state index contributed by atoms with van der Waals surface area (Å²) in [6.07, 6.45) is 2.94. The van der Waals surface area contributed by atoms with Crippen LogP contribution in [0.2, 0.25) is 0 Å². The largest absolute Gasteiger partial charge is 0.426 e. The number of ether oxygens (including phenoxy) is 1. The smallest absolute Gasteiger partial charge is 0.319 e. The van der Waals surface area contributed by atoms with Crippen LogP contribution in [0.4, 0.5) is 0 Å². The molecule has 0 N–H and O–H groups in total. The number of esters is 1. The van der Waals surface area contributed by atoms with Gasteiger partial charge in [-0.05, 0) is 64.5 Å². The summed E-state index contributed by atoms with van der Waals surface area (Å²) in [7, 11) is 0. The van der Waals surface area contributed by atoms with Crippen LogP contribution in [0.25, 0.3) is 0 Å². The Morgan fingerprint density at radius 1 is 0.806 bits per heavy atom. The molecule has 0 spiro atoms. The summed E-state index contributed by atoms with van der Waals surface area (Å²) in [6.45, 7) is 9.29. The summed E-state index contributed by atoms with van der Waals surface area (Å²) in [4.78, 5) is 13.4. The molecule has 0 aliphatic heterocycles. The second kappa shape index (κ2) is 8.34. The van der Waals surface area contributed by atoms with E-state index in [2.05, 4.69) is 58.0 Å². The van der Waals surface area contributed by atoms with Crippen molar-refractivity contribution in [3.63, 3.8) is 0 Å². The van der Waals surface area contributed by atoms with E-state index in [0.717, 1.165) is 17.5 Å². The van der Waals surface area contributed by atoms with Crippen LogP contribution >= 0.6 is 0 Å². The minimum atomic E-state index is -0.353. The van der Waals surface area contributed by atoms with Crippen molar-refractivity contribution in [2.45, 2.75) is 63.7 Å². The zero-order chi connectivity index (χ0) is 22.1. The number of para-hydroxylation sites is 1. The highest BCUT2D eigenvalue weighted by atomic mass is 16.5. The van der Waals surface area contributed by atoms with Gasteiger partial charge in [0.05, 0.1) is 5.92 Å². The fourth-order valence-corrected chi connectivity index (χ4v) is 4.69. The predicted octanol–water partition coefficient (Wildman–Crippen LogP) is 6.97. The number of hydrogen-bond acceptors (Lipinski definition) is 2. The first kappa shape index (κ1) is 21.4. The first-order valence-corrected chi connectivity index (χ1v) is 11.2. The Balaban J connectivity index is 1.73. The molecular weight excluding hydrogens is 380 g/mol. The van der Waals surface area contributed by atoms with Gasteiger partial charge < -0.3 is 4.74 Å². The highest BCUT2D eigenvalue weighted by Gasteiger charge is 2.38. The molecule has 0 saturated carbocycles. The van der Waals surface area contributed by atoms with Crippen molar-refractivity contribution in [1.82, 2.24) is 0 Å². The first-order chi connectivity index (χ1) is 14.8. The zero-order valence-corrected chi connectivity index (χ0v) is 19.0. The van der Waals surface area contributed by atoms with Crippen molar-refractivity contribution in [2.24, 2.45) is 0 Å². The summed E-state index contributed by atoms with van der Waals surface area (Å²) in [5.74, 6) is 0.0293. The van der Waals surface area contributed by atoms with E-state index in [1.807, 2.05) is 48.5 Å². The van der Waals surface area contributed by atoms with Gasteiger partial charge in [0.2, 0.25) is 0 Å². The van der Waals surface area contributed by atoms with Gasteiger partial charge in [-0.25, -0.2) is 0 Å². The Morgan fingerprint density at radius 3 is 2.03 bits per heavy atom. The van der Waals surface area contributed by atoms with E-state index >= 15 is 0 Å².